The molecular weight excluding hydrogens is 326 g/mol. The molecule has 26 heavy (non-hydrogen) atoms. The van der Waals surface area contributed by atoms with Crippen LogP contribution in [0.5, 0.6) is 5.75 Å². The van der Waals surface area contributed by atoms with E-state index in [0.29, 0.717) is 30.2 Å². The molecule has 4 nitrogen and oxygen atoms in total. The van der Waals surface area contributed by atoms with Gasteiger partial charge in [0, 0.05) is 13.7 Å². The van der Waals surface area contributed by atoms with Gasteiger partial charge in [0.2, 0.25) is 0 Å². The molecule has 4 unspecified atom stereocenters. The van der Waals surface area contributed by atoms with Crippen LogP contribution in [0.4, 0.5) is 0 Å². The maximum atomic E-state index is 10.7. The van der Waals surface area contributed by atoms with Crippen LogP contribution < -0.4 is 5.32 Å². The van der Waals surface area contributed by atoms with Crippen molar-refractivity contribution in [1.29, 1.82) is 0 Å². The second-order valence-electron chi connectivity index (χ2n) is 9.32. The zero-order chi connectivity index (χ0) is 18.5. The Hall–Kier alpha value is -1.10. The first kappa shape index (κ1) is 18.3. The van der Waals surface area contributed by atoms with E-state index >= 15 is 0 Å². The lowest BCUT2D eigenvalue weighted by Crippen LogP contribution is -2.52. The highest BCUT2D eigenvalue weighted by molar-refractivity contribution is 5.45. The number of rotatable bonds is 4. The molecule has 2 saturated carbocycles. The molecule has 3 aliphatic rings. The Bertz CT molecular complexity index is 677. The minimum absolute atomic E-state index is 0.0725. The molecule has 2 fully saturated rings. The fourth-order valence-corrected chi connectivity index (χ4v) is 6.54. The highest BCUT2D eigenvalue weighted by Gasteiger charge is 2.59. The Morgan fingerprint density at radius 3 is 2.77 bits per heavy atom. The summed E-state index contributed by atoms with van der Waals surface area (Å²) in [6, 6.07) is 5.99. The van der Waals surface area contributed by atoms with E-state index in [2.05, 4.69) is 25.2 Å². The maximum Gasteiger partial charge on any atom is 0.115 e. The Morgan fingerprint density at radius 2 is 2.00 bits per heavy atom. The van der Waals surface area contributed by atoms with Crippen LogP contribution in [-0.4, -0.2) is 36.7 Å². The minimum atomic E-state index is -0.150. The van der Waals surface area contributed by atoms with Crippen molar-refractivity contribution in [3.63, 3.8) is 0 Å². The molecule has 4 heteroatoms. The number of aliphatic hydroxyl groups excluding tert-OH is 1. The summed E-state index contributed by atoms with van der Waals surface area (Å²) in [5.74, 6) is 1.91. The third kappa shape index (κ3) is 2.61. The number of fused-ring (bicyclic) bond motifs is 5. The number of ether oxygens (including phenoxy) is 1. The lowest BCUT2D eigenvalue weighted by molar-refractivity contribution is -0.0492. The molecule has 3 N–H and O–H groups in total. The van der Waals surface area contributed by atoms with Gasteiger partial charge >= 0.3 is 0 Å². The van der Waals surface area contributed by atoms with Gasteiger partial charge in [-0.05, 0) is 83.9 Å². The van der Waals surface area contributed by atoms with Crippen LogP contribution in [0.1, 0.15) is 63.0 Å². The first-order chi connectivity index (χ1) is 12.4. The first-order valence-electron chi connectivity index (χ1n) is 10.1. The van der Waals surface area contributed by atoms with Gasteiger partial charge in [0.15, 0.2) is 0 Å². The van der Waals surface area contributed by atoms with Crippen molar-refractivity contribution >= 4 is 0 Å². The van der Waals surface area contributed by atoms with Crippen LogP contribution in [0, 0.1) is 17.3 Å². The van der Waals surface area contributed by atoms with Crippen molar-refractivity contribution < 1.29 is 14.9 Å². The standard InChI is InChI=1S/C22H33NO3/c1-21-8-9-22(2)18(6-7-20(22)25)19(21)10-14(12-23-13-26-3)16-11-15(24)4-5-17(16)21/h4-5,11,14,18-20,23-25H,6-10,12-13H2,1-3H3/t14-,18?,19?,20?,21+,22?/m0/s1. The number of phenols is 1. The van der Waals surface area contributed by atoms with E-state index in [-0.39, 0.29) is 16.9 Å². The average molecular weight is 360 g/mol. The summed E-state index contributed by atoms with van der Waals surface area (Å²) in [4.78, 5) is 0. The summed E-state index contributed by atoms with van der Waals surface area (Å²) < 4.78 is 5.18. The zero-order valence-corrected chi connectivity index (χ0v) is 16.3. The quantitative estimate of drug-likeness (QED) is 0.569. The molecule has 3 aliphatic carbocycles. The normalized spacial score (nSPS) is 41.4. The molecule has 144 valence electrons. The third-order valence-corrected chi connectivity index (χ3v) is 8.11. The number of benzene rings is 1. The van der Waals surface area contributed by atoms with E-state index in [9.17, 15) is 10.2 Å². The summed E-state index contributed by atoms with van der Waals surface area (Å²) in [6.45, 7) is 6.16. The van der Waals surface area contributed by atoms with Crippen molar-refractivity contribution in [2.45, 2.75) is 63.4 Å². The Morgan fingerprint density at radius 1 is 1.19 bits per heavy atom. The van der Waals surface area contributed by atoms with Crippen LogP contribution in [0.2, 0.25) is 0 Å². The van der Waals surface area contributed by atoms with Gasteiger partial charge in [-0.3, -0.25) is 5.32 Å². The summed E-state index contributed by atoms with van der Waals surface area (Å²) in [5, 5.41) is 24.2. The lowest BCUT2D eigenvalue weighted by Gasteiger charge is -2.57. The fourth-order valence-electron chi connectivity index (χ4n) is 6.54. The topological polar surface area (TPSA) is 61.7 Å². The van der Waals surface area contributed by atoms with E-state index in [1.54, 1.807) is 7.11 Å². The van der Waals surface area contributed by atoms with Gasteiger partial charge in [0.25, 0.3) is 0 Å². The summed E-state index contributed by atoms with van der Waals surface area (Å²) in [5.41, 5.74) is 2.94. The van der Waals surface area contributed by atoms with E-state index in [4.69, 9.17) is 4.74 Å². The van der Waals surface area contributed by atoms with Gasteiger partial charge in [0.1, 0.15) is 5.75 Å². The molecule has 0 aliphatic heterocycles. The summed E-state index contributed by atoms with van der Waals surface area (Å²) in [7, 11) is 1.71. The molecule has 4 rings (SSSR count). The minimum Gasteiger partial charge on any atom is -0.508 e. The number of methoxy groups -OCH3 is 1. The average Bonchev–Trinajstić information content (AvgIpc) is 2.91. The zero-order valence-electron chi connectivity index (χ0n) is 16.3. The largest absolute Gasteiger partial charge is 0.508 e. The van der Waals surface area contributed by atoms with Gasteiger partial charge in [-0.15, -0.1) is 0 Å². The van der Waals surface area contributed by atoms with Gasteiger partial charge < -0.3 is 14.9 Å². The van der Waals surface area contributed by atoms with Crippen LogP contribution in [0.25, 0.3) is 0 Å². The monoisotopic (exact) mass is 359 g/mol. The maximum absolute atomic E-state index is 10.7. The van der Waals surface area contributed by atoms with Gasteiger partial charge in [-0.1, -0.05) is 19.9 Å². The highest BCUT2D eigenvalue weighted by atomic mass is 16.5. The smallest absolute Gasteiger partial charge is 0.115 e. The number of hydrogen-bond acceptors (Lipinski definition) is 4. The molecule has 0 amide bonds. The van der Waals surface area contributed by atoms with Gasteiger partial charge in [-0.2, -0.15) is 0 Å². The molecular formula is C22H33NO3. The molecule has 0 spiro atoms. The van der Waals surface area contributed by atoms with E-state index < -0.39 is 0 Å². The number of nitrogens with one attached hydrogen (secondary N) is 1. The van der Waals surface area contributed by atoms with E-state index in [0.717, 1.165) is 38.6 Å². The number of hydrogen-bond donors (Lipinski definition) is 3. The third-order valence-electron chi connectivity index (χ3n) is 8.11. The predicted molar refractivity (Wildman–Crippen MR) is 102 cm³/mol. The Balaban J connectivity index is 1.73. The van der Waals surface area contributed by atoms with Gasteiger partial charge in [-0.25, -0.2) is 0 Å². The highest BCUT2D eigenvalue weighted by Crippen LogP contribution is 2.64. The van der Waals surface area contributed by atoms with Gasteiger partial charge in [0.05, 0.1) is 12.8 Å². The van der Waals surface area contributed by atoms with Crippen molar-refractivity contribution in [3.05, 3.63) is 29.3 Å². The van der Waals surface area contributed by atoms with E-state index in [1.165, 1.54) is 11.1 Å². The van der Waals surface area contributed by atoms with Crippen molar-refractivity contribution in [3.8, 4) is 5.75 Å². The van der Waals surface area contributed by atoms with Crippen LogP contribution in [0.15, 0.2) is 18.2 Å². The second-order valence-corrected chi connectivity index (χ2v) is 9.32. The lowest BCUT2D eigenvalue weighted by atomic mass is 9.48. The summed E-state index contributed by atoms with van der Waals surface area (Å²) in [6.07, 6.45) is 5.28. The summed E-state index contributed by atoms with van der Waals surface area (Å²) >= 11 is 0. The predicted octanol–water partition coefficient (Wildman–Crippen LogP) is 3.52. The van der Waals surface area contributed by atoms with Crippen LogP contribution in [0.3, 0.4) is 0 Å². The molecule has 0 heterocycles. The Kier molecular flexibility index (Phi) is 4.57. The molecule has 1 aromatic rings. The molecule has 0 saturated heterocycles. The molecule has 0 radical (unpaired) electrons. The van der Waals surface area contributed by atoms with E-state index in [1.807, 2.05) is 12.1 Å². The Labute approximate surface area is 157 Å². The number of aliphatic hydroxyl groups is 1. The van der Waals surface area contributed by atoms with Crippen molar-refractivity contribution in [1.82, 2.24) is 5.32 Å². The molecule has 6 atom stereocenters. The number of aromatic hydroxyl groups is 1. The fraction of sp³-hybridized carbons (Fsp3) is 0.727. The molecule has 0 bridgehead atoms. The first-order valence-corrected chi connectivity index (χ1v) is 10.1. The molecule has 1 aromatic carbocycles. The van der Waals surface area contributed by atoms with Crippen LogP contribution >= 0.6 is 0 Å². The SMILES string of the molecule is COCNC[C@@H]1CC2C3CCC(O)C3(C)CC[C@]2(C)c2ccc(O)cc21. The molecule has 0 aromatic heterocycles. The van der Waals surface area contributed by atoms with Crippen molar-refractivity contribution in [2.24, 2.45) is 17.3 Å². The second kappa shape index (κ2) is 6.50. The van der Waals surface area contributed by atoms with Crippen LogP contribution in [-0.2, 0) is 10.2 Å². The van der Waals surface area contributed by atoms with Crippen molar-refractivity contribution in [2.75, 3.05) is 20.4 Å². The number of phenolic OH excluding ortho intramolecular Hbond substituents is 1.